The van der Waals surface area contributed by atoms with Gasteiger partial charge < -0.3 is 19.4 Å². The van der Waals surface area contributed by atoms with Crippen LogP contribution in [-0.2, 0) is 19.7 Å². The number of nitrogens with one attached hydrogen (secondary N) is 1. The quantitative estimate of drug-likeness (QED) is 0.475. The molecule has 148 valence electrons. The minimum Gasteiger partial charge on any atom is -0.490 e. The lowest BCUT2D eigenvalue weighted by molar-refractivity contribution is 0.269. The highest BCUT2D eigenvalue weighted by molar-refractivity contribution is 6.30. The van der Waals surface area contributed by atoms with E-state index in [2.05, 4.69) is 20.9 Å². The smallest absolute Gasteiger partial charge is 0.161 e. The number of hydrogen-bond donors (Lipinski definition) is 1. The number of hydrogen-bond acceptors (Lipinski definition) is 4. The number of halogens is 1. The summed E-state index contributed by atoms with van der Waals surface area (Å²) in [5, 5.41) is 4.18. The molecule has 0 radical (unpaired) electrons. The zero-order valence-corrected chi connectivity index (χ0v) is 16.9. The zero-order valence-electron chi connectivity index (χ0n) is 16.1. The lowest BCUT2D eigenvalue weighted by Crippen LogP contribution is -2.16. The standard InChI is InChI=1S/C22H26ClN3O2/c1-2-27-22-14-18(15-24-9-4-11-26-12-10-25-17-26)7-8-21(22)28-16-19-5-3-6-20(23)13-19/h3,5-8,10,12-14,17,24H,2,4,9,11,15-16H2,1H3. The van der Waals surface area contributed by atoms with E-state index in [0.717, 1.165) is 43.1 Å². The van der Waals surface area contributed by atoms with Gasteiger partial charge in [-0.25, -0.2) is 4.98 Å². The van der Waals surface area contributed by atoms with Crippen LogP contribution in [-0.4, -0.2) is 22.7 Å². The van der Waals surface area contributed by atoms with Crippen LogP contribution in [0.4, 0.5) is 0 Å². The number of imidazole rings is 1. The Bertz CT molecular complexity index is 853. The Morgan fingerprint density at radius 2 is 2.00 bits per heavy atom. The lowest BCUT2D eigenvalue weighted by Gasteiger charge is -2.14. The monoisotopic (exact) mass is 399 g/mol. The largest absolute Gasteiger partial charge is 0.490 e. The maximum absolute atomic E-state index is 6.04. The molecule has 28 heavy (non-hydrogen) atoms. The van der Waals surface area contributed by atoms with Crippen molar-refractivity contribution >= 4 is 11.6 Å². The van der Waals surface area contributed by atoms with Crippen molar-refractivity contribution in [3.63, 3.8) is 0 Å². The fourth-order valence-corrected chi connectivity index (χ4v) is 3.09. The number of rotatable bonds is 11. The Labute approximate surface area is 171 Å². The molecule has 0 saturated carbocycles. The van der Waals surface area contributed by atoms with Gasteiger partial charge in [0.25, 0.3) is 0 Å². The predicted octanol–water partition coefficient (Wildman–Crippen LogP) is 4.69. The first-order chi connectivity index (χ1) is 13.7. The maximum atomic E-state index is 6.04. The lowest BCUT2D eigenvalue weighted by atomic mass is 10.2. The third-order valence-electron chi connectivity index (χ3n) is 4.25. The van der Waals surface area contributed by atoms with E-state index < -0.39 is 0 Å². The minimum atomic E-state index is 0.451. The molecule has 6 heteroatoms. The van der Waals surface area contributed by atoms with Crippen LogP contribution in [0.15, 0.2) is 61.2 Å². The van der Waals surface area contributed by atoms with E-state index in [1.807, 2.05) is 55.8 Å². The van der Waals surface area contributed by atoms with Crippen molar-refractivity contribution in [3.05, 3.63) is 77.3 Å². The molecule has 2 aromatic carbocycles. The van der Waals surface area contributed by atoms with Gasteiger partial charge in [-0.15, -0.1) is 0 Å². The van der Waals surface area contributed by atoms with E-state index >= 15 is 0 Å². The Morgan fingerprint density at radius 3 is 2.79 bits per heavy atom. The maximum Gasteiger partial charge on any atom is 0.161 e. The molecule has 0 saturated heterocycles. The van der Waals surface area contributed by atoms with E-state index in [9.17, 15) is 0 Å². The van der Waals surface area contributed by atoms with Crippen molar-refractivity contribution in [2.24, 2.45) is 0 Å². The van der Waals surface area contributed by atoms with Crippen molar-refractivity contribution in [1.29, 1.82) is 0 Å². The SMILES string of the molecule is CCOc1cc(CNCCCn2ccnc2)ccc1OCc1cccc(Cl)c1. The topological polar surface area (TPSA) is 48.3 Å². The van der Waals surface area contributed by atoms with Crippen LogP contribution < -0.4 is 14.8 Å². The molecule has 3 aromatic rings. The molecule has 1 heterocycles. The molecule has 0 aliphatic carbocycles. The van der Waals surface area contributed by atoms with Crippen LogP contribution in [0.3, 0.4) is 0 Å². The van der Waals surface area contributed by atoms with E-state index in [-0.39, 0.29) is 0 Å². The first kappa shape index (κ1) is 20.2. The highest BCUT2D eigenvalue weighted by atomic mass is 35.5. The van der Waals surface area contributed by atoms with Crippen LogP contribution in [0.25, 0.3) is 0 Å². The Balaban J connectivity index is 1.51. The van der Waals surface area contributed by atoms with Crippen LogP contribution in [0.1, 0.15) is 24.5 Å². The average molecular weight is 400 g/mol. The first-order valence-corrected chi connectivity index (χ1v) is 9.92. The molecular weight excluding hydrogens is 374 g/mol. The molecule has 1 N–H and O–H groups in total. The van der Waals surface area contributed by atoms with Crippen molar-refractivity contribution in [1.82, 2.24) is 14.9 Å². The van der Waals surface area contributed by atoms with Gasteiger partial charge in [0, 0.05) is 30.5 Å². The number of ether oxygens (including phenoxy) is 2. The van der Waals surface area contributed by atoms with Gasteiger partial charge in [0.15, 0.2) is 11.5 Å². The minimum absolute atomic E-state index is 0.451. The van der Waals surface area contributed by atoms with Crippen LogP contribution in [0.2, 0.25) is 5.02 Å². The Kier molecular flexibility index (Phi) is 7.76. The van der Waals surface area contributed by atoms with Gasteiger partial charge in [0.1, 0.15) is 6.61 Å². The van der Waals surface area contributed by atoms with Crippen LogP contribution in [0.5, 0.6) is 11.5 Å². The Morgan fingerprint density at radius 1 is 1.07 bits per heavy atom. The predicted molar refractivity (Wildman–Crippen MR) is 112 cm³/mol. The summed E-state index contributed by atoms with van der Waals surface area (Å²) < 4.78 is 13.8. The summed E-state index contributed by atoms with van der Waals surface area (Å²) in [6.45, 7) is 5.71. The van der Waals surface area contributed by atoms with E-state index in [1.165, 1.54) is 5.56 Å². The average Bonchev–Trinajstić information content (AvgIpc) is 3.21. The zero-order chi connectivity index (χ0) is 19.6. The molecule has 0 spiro atoms. The number of benzene rings is 2. The Hall–Kier alpha value is -2.50. The summed E-state index contributed by atoms with van der Waals surface area (Å²) in [5.41, 5.74) is 2.19. The van der Waals surface area contributed by atoms with E-state index in [1.54, 1.807) is 6.20 Å². The van der Waals surface area contributed by atoms with Gasteiger partial charge in [0.05, 0.1) is 12.9 Å². The van der Waals surface area contributed by atoms with Gasteiger partial charge in [-0.3, -0.25) is 0 Å². The molecule has 0 aliphatic heterocycles. The summed E-state index contributed by atoms with van der Waals surface area (Å²) in [6, 6.07) is 13.8. The summed E-state index contributed by atoms with van der Waals surface area (Å²) in [5.74, 6) is 1.51. The molecule has 3 rings (SSSR count). The second-order valence-corrected chi connectivity index (χ2v) is 6.90. The molecule has 0 bridgehead atoms. The van der Waals surface area contributed by atoms with Crippen molar-refractivity contribution in [3.8, 4) is 11.5 Å². The van der Waals surface area contributed by atoms with Crippen molar-refractivity contribution in [2.75, 3.05) is 13.2 Å². The summed E-state index contributed by atoms with van der Waals surface area (Å²) in [7, 11) is 0. The van der Waals surface area contributed by atoms with Crippen molar-refractivity contribution in [2.45, 2.75) is 33.0 Å². The van der Waals surface area contributed by atoms with Gasteiger partial charge >= 0.3 is 0 Å². The second-order valence-electron chi connectivity index (χ2n) is 6.46. The third kappa shape index (κ3) is 6.29. The molecule has 5 nitrogen and oxygen atoms in total. The van der Waals surface area contributed by atoms with Gasteiger partial charge in [-0.2, -0.15) is 0 Å². The summed E-state index contributed by atoms with van der Waals surface area (Å²) in [6.07, 6.45) is 6.68. The van der Waals surface area contributed by atoms with Gasteiger partial charge in [-0.1, -0.05) is 29.8 Å². The van der Waals surface area contributed by atoms with Crippen molar-refractivity contribution < 1.29 is 9.47 Å². The number of nitrogens with zero attached hydrogens (tertiary/aromatic N) is 2. The fourth-order valence-electron chi connectivity index (χ4n) is 2.88. The van der Waals surface area contributed by atoms with E-state index in [4.69, 9.17) is 21.1 Å². The van der Waals surface area contributed by atoms with E-state index in [0.29, 0.717) is 18.2 Å². The molecule has 0 atom stereocenters. The van der Waals surface area contributed by atoms with Gasteiger partial charge in [-0.05, 0) is 55.3 Å². The van der Waals surface area contributed by atoms with Gasteiger partial charge in [0.2, 0.25) is 0 Å². The molecule has 0 fully saturated rings. The fraction of sp³-hybridized carbons (Fsp3) is 0.318. The highest BCUT2D eigenvalue weighted by Crippen LogP contribution is 2.29. The molecular formula is C22H26ClN3O2. The normalized spacial score (nSPS) is 10.8. The highest BCUT2D eigenvalue weighted by Gasteiger charge is 2.07. The third-order valence-corrected chi connectivity index (χ3v) is 4.48. The molecule has 0 amide bonds. The second kappa shape index (κ2) is 10.7. The summed E-state index contributed by atoms with van der Waals surface area (Å²) >= 11 is 6.04. The molecule has 0 aliphatic rings. The van der Waals surface area contributed by atoms with Crippen LogP contribution >= 0.6 is 11.6 Å². The van der Waals surface area contributed by atoms with Crippen LogP contribution in [0, 0.1) is 0 Å². The molecule has 1 aromatic heterocycles. The number of aromatic nitrogens is 2. The number of aryl methyl sites for hydroxylation is 1. The molecule has 0 unspecified atom stereocenters. The first-order valence-electron chi connectivity index (χ1n) is 9.54. The summed E-state index contributed by atoms with van der Waals surface area (Å²) in [4.78, 5) is 4.05.